The summed E-state index contributed by atoms with van der Waals surface area (Å²) in [5, 5.41) is 7.31. The zero-order valence-corrected chi connectivity index (χ0v) is 18.8. The van der Waals surface area contributed by atoms with Gasteiger partial charge in [0.1, 0.15) is 18.0 Å². The molecule has 1 amide bonds. The average Bonchev–Trinajstić information content (AvgIpc) is 3.45. The maximum atomic E-state index is 14.0. The Balaban J connectivity index is 1.53. The number of ether oxygens (including phenoxy) is 2. The zero-order chi connectivity index (χ0) is 23.5. The molecule has 33 heavy (non-hydrogen) atoms. The molecule has 4 aromatic rings. The van der Waals surface area contributed by atoms with Gasteiger partial charge >= 0.3 is 0 Å². The number of halogens is 2. The van der Waals surface area contributed by atoms with Gasteiger partial charge in [-0.1, -0.05) is 16.8 Å². The normalized spacial score (nSPS) is 10.8. The van der Waals surface area contributed by atoms with Crippen LogP contribution in [0.5, 0.6) is 11.5 Å². The molecular formula is C23H20ClFN4O4. The molecule has 0 unspecified atom stereocenters. The average molecular weight is 471 g/mol. The number of hydrogen-bond donors (Lipinski definition) is 1. The van der Waals surface area contributed by atoms with E-state index in [-0.39, 0.29) is 29.9 Å². The molecule has 1 N–H and O–H groups in total. The second-order valence-corrected chi connectivity index (χ2v) is 7.55. The number of methoxy groups -OCH3 is 2. The lowest BCUT2D eigenvalue weighted by molar-refractivity contribution is -0.116. The van der Waals surface area contributed by atoms with Gasteiger partial charge in [0, 0.05) is 22.8 Å². The summed E-state index contributed by atoms with van der Waals surface area (Å²) in [7, 11) is 2.89. The van der Waals surface area contributed by atoms with Crippen molar-refractivity contribution >= 4 is 23.2 Å². The first-order valence-corrected chi connectivity index (χ1v) is 10.2. The number of aromatic nitrogens is 3. The minimum atomic E-state index is -0.533. The highest BCUT2D eigenvalue weighted by molar-refractivity contribution is 6.31. The topological polar surface area (TPSA) is 91.4 Å². The molecule has 0 fully saturated rings. The van der Waals surface area contributed by atoms with Crippen LogP contribution in [0.3, 0.4) is 0 Å². The molecule has 0 saturated carbocycles. The molecule has 2 aromatic heterocycles. The van der Waals surface area contributed by atoms with Gasteiger partial charge in [-0.05, 0) is 48.9 Å². The second kappa shape index (κ2) is 9.33. The third-order valence-corrected chi connectivity index (χ3v) is 5.36. The Morgan fingerprint density at radius 2 is 1.97 bits per heavy atom. The van der Waals surface area contributed by atoms with Gasteiger partial charge in [0.2, 0.25) is 11.7 Å². The first kappa shape index (κ1) is 22.3. The van der Waals surface area contributed by atoms with Crippen molar-refractivity contribution in [1.82, 2.24) is 14.7 Å². The number of carbonyl (C=O) groups is 1. The number of rotatable bonds is 7. The third kappa shape index (κ3) is 4.68. The van der Waals surface area contributed by atoms with Crippen LogP contribution in [0.25, 0.3) is 23.0 Å². The van der Waals surface area contributed by atoms with Gasteiger partial charge < -0.3 is 23.9 Å². The van der Waals surface area contributed by atoms with Gasteiger partial charge in [-0.2, -0.15) is 4.98 Å². The van der Waals surface area contributed by atoms with Crippen molar-refractivity contribution in [3.63, 3.8) is 0 Å². The van der Waals surface area contributed by atoms with E-state index in [0.29, 0.717) is 27.7 Å². The molecule has 10 heteroatoms. The highest BCUT2D eigenvalue weighted by Gasteiger charge is 2.17. The summed E-state index contributed by atoms with van der Waals surface area (Å²) in [6.45, 7) is 1.82. The first-order valence-electron chi connectivity index (χ1n) is 9.86. The molecule has 0 spiro atoms. The summed E-state index contributed by atoms with van der Waals surface area (Å²) in [6, 6.07) is 11.3. The molecule has 170 valence electrons. The summed E-state index contributed by atoms with van der Waals surface area (Å²) in [4.78, 5) is 17.1. The van der Waals surface area contributed by atoms with E-state index in [1.165, 1.54) is 26.4 Å². The van der Waals surface area contributed by atoms with Crippen LogP contribution in [0.4, 0.5) is 10.1 Å². The maximum absolute atomic E-state index is 14.0. The number of hydrogen-bond acceptors (Lipinski definition) is 6. The van der Waals surface area contributed by atoms with Crippen molar-refractivity contribution < 1.29 is 23.2 Å². The highest BCUT2D eigenvalue weighted by Crippen LogP contribution is 2.31. The maximum Gasteiger partial charge on any atom is 0.274 e. The van der Waals surface area contributed by atoms with Crippen LogP contribution in [0, 0.1) is 12.7 Å². The van der Waals surface area contributed by atoms with Crippen molar-refractivity contribution in [1.29, 1.82) is 0 Å². The molecule has 0 aliphatic rings. The number of nitrogens with one attached hydrogen (secondary N) is 1. The Bertz CT molecular complexity index is 1320. The van der Waals surface area contributed by atoms with Gasteiger partial charge in [0.15, 0.2) is 11.6 Å². The van der Waals surface area contributed by atoms with Crippen molar-refractivity contribution in [3.8, 4) is 34.5 Å². The number of aryl methyl sites for hydroxylation is 1. The van der Waals surface area contributed by atoms with E-state index >= 15 is 0 Å². The summed E-state index contributed by atoms with van der Waals surface area (Å²) >= 11 is 6.13. The lowest BCUT2D eigenvalue weighted by atomic mass is 10.2. The Kier molecular flexibility index (Phi) is 6.32. The minimum Gasteiger partial charge on any atom is -0.495 e. The summed E-state index contributed by atoms with van der Waals surface area (Å²) < 4.78 is 31.3. The van der Waals surface area contributed by atoms with E-state index in [1.807, 2.05) is 6.92 Å². The van der Waals surface area contributed by atoms with Gasteiger partial charge in [0.05, 0.1) is 19.9 Å². The first-order chi connectivity index (χ1) is 15.9. The molecule has 0 saturated heterocycles. The Labute approximate surface area is 193 Å². The van der Waals surface area contributed by atoms with Crippen molar-refractivity contribution in [2.45, 2.75) is 13.5 Å². The molecule has 0 atom stereocenters. The van der Waals surface area contributed by atoms with E-state index in [0.717, 1.165) is 5.56 Å². The van der Waals surface area contributed by atoms with Crippen LogP contribution in [0.15, 0.2) is 53.2 Å². The zero-order valence-electron chi connectivity index (χ0n) is 18.1. The molecule has 2 heterocycles. The van der Waals surface area contributed by atoms with E-state index in [2.05, 4.69) is 15.5 Å². The molecular weight excluding hydrogens is 451 g/mol. The van der Waals surface area contributed by atoms with Gasteiger partial charge in [-0.25, -0.2) is 4.39 Å². The number of amides is 1. The van der Waals surface area contributed by atoms with Gasteiger partial charge in [0.25, 0.3) is 5.89 Å². The summed E-state index contributed by atoms with van der Waals surface area (Å²) in [5.41, 5.74) is 2.30. The van der Waals surface area contributed by atoms with Crippen LogP contribution in [-0.4, -0.2) is 34.8 Å². The van der Waals surface area contributed by atoms with Crippen molar-refractivity contribution in [3.05, 3.63) is 65.1 Å². The van der Waals surface area contributed by atoms with Gasteiger partial charge in [-0.15, -0.1) is 0 Å². The van der Waals surface area contributed by atoms with Crippen LogP contribution in [0.1, 0.15) is 5.56 Å². The van der Waals surface area contributed by atoms with Gasteiger partial charge in [-0.3, -0.25) is 4.79 Å². The lowest BCUT2D eigenvalue weighted by Crippen LogP contribution is -2.19. The van der Waals surface area contributed by atoms with Crippen LogP contribution >= 0.6 is 11.6 Å². The molecule has 8 nitrogen and oxygen atoms in total. The quantitative estimate of drug-likeness (QED) is 0.410. The SMILES string of the molecule is COc1ccc(-c2noc(-c3cccn3CC(=O)Nc3cc(C)c(Cl)cc3OC)n2)cc1F. The predicted molar refractivity (Wildman–Crippen MR) is 121 cm³/mol. The number of benzene rings is 2. The smallest absolute Gasteiger partial charge is 0.274 e. The van der Waals surface area contributed by atoms with E-state index < -0.39 is 5.82 Å². The molecule has 2 aromatic carbocycles. The van der Waals surface area contributed by atoms with E-state index in [1.54, 1.807) is 41.1 Å². The molecule has 0 aliphatic heterocycles. The minimum absolute atomic E-state index is 0.0119. The fourth-order valence-electron chi connectivity index (χ4n) is 3.27. The van der Waals surface area contributed by atoms with E-state index in [4.69, 9.17) is 25.6 Å². The summed E-state index contributed by atoms with van der Waals surface area (Å²) in [6.07, 6.45) is 1.72. The fraction of sp³-hybridized carbons (Fsp3) is 0.174. The number of carbonyl (C=O) groups excluding carboxylic acids is 1. The Hall–Kier alpha value is -3.85. The molecule has 0 bridgehead atoms. The molecule has 4 rings (SSSR count). The predicted octanol–water partition coefficient (Wildman–Crippen LogP) is 4.96. The standard InChI is InChI=1S/C23H20ClFN4O4/c1-13-9-17(20(32-3)11-15(13)24)26-21(30)12-29-8-4-5-18(29)23-27-22(28-33-23)14-6-7-19(31-2)16(25)10-14/h4-11H,12H2,1-3H3,(H,26,30). The third-order valence-electron chi connectivity index (χ3n) is 4.95. The van der Waals surface area contributed by atoms with Crippen LogP contribution < -0.4 is 14.8 Å². The largest absolute Gasteiger partial charge is 0.495 e. The van der Waals surface area contributed by atoms with E-state index in [9.17, 15) is 9.18 Å². The van der Waals surface area contributed by atoms with Crippen LogP contribution in [-0.2, 0) is 11.3 Å². The second-order valence-electron chi connectivity index (χ2n) is 7.14. The lowest BCUT2D eigenvalue weighted by Gasteiger charge is -2.13. The Morgan fingerprint density at radius 3 is 2.70 bits per heavy atom. The fourth-order valence-corrected chi connectivity index (χ4v) is 3.42. The monoisotopic (exact) mass is 470 g/mol. The molecule has 0 radical (unpaired) electrons. The van der Waals surface area contributed by atoms with Crippen molar-refractivity contribution in [2.75, 3.05) is 19.5 Å². The Morgan fingerprint density at radius 1 is 1.18 bits per heavy atom. The van der Waals surface area contributed by atoms with Crippen LogP contribution in [0.2, 0.25) is 5.02 Å². The highest BCUT2D eigenvalue weighted by atomic mass is 35.5. The summed E-state index contributed by atoms with van der Waals surface area (Å²) in [5.74, 6) is 0.164. The number of nitrogens with zero attached hydrogens (tertiary/aromatic N) is 3. The van der Waals surface area contributed by atoms with Crippen molar-refractivity contribution in [2.24, 2.45) is 0 Å². The molecule has 0 aliphatic carbocycles. The number of anilines is 1.